The van der Waals surface area contributed by atoms with E-state index in [9.17, 15) is 64.1 Å². The highest BCUT2D eigenvalue weighted by atomic mass is 16.6. The molecule has 2 aromatic carbocycles. The second-order valence-corrected chi connectivity index (χ2v) is 15.5. The lowest BCUT2D eigenvalue weighted by Gasteiger charge is -2.30. The maximum atomic E-state index is 13.9. The van der Waals surface area contributed by atoms with Gasteiger partial charge in [-0.05, 0) is 49.6 Å². The molecule has 2 unspecified atom stereocenters. The average molecular weight is 870 g/mol. The minimum absolute atomic E-state index is 0.00232. The van der Waals surface area contributed by atoms with Gasteiger partial charge in [-0.1, -0.05) is 64.4 Å². The third-order valence-electron chi connectivity index (χ3n) is 10.8. The molecule has 3 rings (SSSR count). The van der Waals surface area contributed by atoms with E-state index in [1.165, 1.54) is 71.8 Å². The van der Waals surface area contributed by atoms with Crippen molar-refractivity contribution in [2.45, 2.75) is 122 Å². The number of benzene rings is 2. The Labute approximate surface area is 359 Å². The van der Waals surface area contributed by atoms with Crippen LogP contribution in [-0.2, 0) is 40.0 Å². The Hall–Kier alpha value is -6.31. The average Bonchev–Trinajstić information content (AvgIpc) is 3.22. The number of aromatic hydroxyl groups is 2. The highest BCUT2D eigenvalue weighted by Crippen LogP contribution is 2.43. The van der Waals surface area contributed by atoms with Crippen LogP contribution in [0.25, 0.3) is 11.1 Å². The fraction of sp³-hybridized carbons (Fsp3) is 0.548. The van der Waals surface area contributed by atoms with Crippen LogP contribution >= 0.6 is 0 Å². The fourth-order valence-corrected chi connectivity index (χ4v) is 7.00. The van der Waals surface area contributed by atoms with Gasteiger partial charge < -0.3 is 51.5 Å². The van der Waals surface area contributed by atoms with Crippen LogP contribution < -0.4 is 21.3 Å². The van der Waals surface area contributed by atoms with Crippen molar-refractivity contribution in [2.75, 3.05) is 27.2 Å². The molecule has 2 aromatic rings. The zero-order valence-electron chi connectivity index (χ0n) is 35.8. The molecule has 340 valence electrons. The smallest absolute Gasteiger partial charge is 0.326 e. The molecule has 1 aliphatic heterocycles. The minimum Gasteiger partial charge on any atom is -0.507 e. The number of hydrogen-bond donors (Lipinski definition) is 8. The van der Waals surface area contributed by atoms with Crippen molar-refractivity contribution in [3.63, 3.8) is 0 Å². The predicted molar refractivity (Wildman–Crippen MR) is 224 cm³/mol. The van der Waals surface area contributed by atoms with Crippen LogP contribution in [0, 0.1) is 10.1 Å². The number of hydrogen-bond acceptors (Lipinski definition) is 12. The first-order chi connectivity index (χ1) is 29.3. The Bertz CT molecular complexity index is 1980. The van der Waals surface area contributed by atoms with Crippen LogP contribution in [0.5, 0.6) is 11.5 Å². The standard InChI is InChI=1S/C42H59N7O13/c1-6-7-8-9-10-11-12-13-14-15-34(52)47(4)32(23-50)40(57)44-24(2)38(55)43-22-35(53)48(5)36-27-16-17-33(51)28(21-27)29-18-26(20-31(37(29)54)49(61)62)19-30(42(59)60)46-39(56)25(3)45-41(36)58/h16-18,20-21,24-25,30,32,36,50-51,54H,6-15,19,22-23H2,1-5H3,(H,43,55)(H,44,57)(H,45,58)(H,46,56)(H,59,60)/t24-,25+,30?,32-,36?/m1/s1. The zero-order chi connectivity index (χ0) is 46.3. The quantitative estimate of drug-likeness (QED) is 0.0539. The highest BCUT2D eigenvalue weighted by molar-refractivity contribution is 5.96. The van der Waals surface area contributed by atoms with Crippen LogP contribution in [0.4, 0.5) is 5.69 Å². The summed E-state index contributed by atoms with van der Waals surface area (Å²) in [5.74, 6) is -7.69. The summed E-state index contributed by atoms with van der Waals surface area (Å²) >= 11 is 0. The molecule has 0 aromatic heterocycles. The van der Waals surface area contributed by atoms with Crippen molar-refractivity contribution >= 4 is 47.1 Å². The summed E-state index contributed by atoms with van der Waals surface area (Å²) in [7, 11) is 2.58. The van der Waals surface area contributed by atoms with Crippen LogP contribution in [0.15, 0.2) is 30.3 Å². The topological polar surface area (TPSA) is 298 Å². The lowest BCUT2D eigenvalue weighted by atomic mass is 9.93. The Morgan fingerprint density at radius 3 is 2.11 bits per heavy atom. The summed E-state index contributed by atoms with van der Waals surface area (Å²) < 4.78 is 0. The largest absolute Gasteiger partial charge is 0.507 e. The first kappa shape index (κ1) is 50.0. The number of nitro groups is 1. The van der Waals surface area contributed by atoms with Crippen molar-refractivity contribution in [2.24, 2.45) is 0 Å². The molecule has 6 amide bonds. The number of phenolic OH excluding ortho intramolecular Hbond substituents is 2. The van der Waals surface area contributed by atoms with Gasteiger partial charge >= 0.3 is 11.7 Å². The second kappa shape index (κ2) is 23.6. The number of amides is 6. The summed E-state index contributed by atoms with van der Waals surface area (Å²) in [4.78, 5) is 105. The number of carboxylic acids is 1. The van der Waals surface area contributed by atoms with Crippen LogP contribution in [0.2, 0.25) is 0 Å². The molecule has 0 aliphatic carbocycles. The Kier molecular flexibility index (Phi) is 19.1. The fourth-order valence-electron chi connectivity index (χ4n) is 7.00. The third kappa shape index (κ3) is 13.6. The van der Waals surface area contributed by atoms with E-state index in [0.29, 0.717) is 6.42 Å². The molecule has 20 nitrogen and oxygen atoms in total. The van der Waals surface area contributed by atoms with Gasteiger partial charge in [0.25, 0.3) is 0 Å². The molecule has 1 aliphatic rings. The van der Waals surface area contributed by atoms with E-state index >= 15 is 0 Å². The summed E-state index contributed by atoms with van der Waals surface area (Å²) in [5.41, 5.74) is -1.39. The number of fused-ring (bicyclic) bond motifs is 5. The molecule has 0 saturated carbocycles. The second-order valence-electron chi connectivity index (χ2n) is 15.5. The Morgan fingerprint density at radius 2 is 1.52 bits per heavy atom. The third-order valence-corrected chi connectivity index (χ3v) is 10.8. The molecule has 0 spiro atoms. The van der Waals surface area contributed by atoms with Crippen molar-refractivity contribution in [1.82, 2.24) is 31.1 Å². The van der Waals surface area contributed by atoms with Crippen molar-refractivity contribution in [1.29, 1.82) is 0 Å². The number of nitro benzene ring substituents is 1. The number of carboxylic acid groups (broad SMARTS) is 1. The molecular weight excluding hydrogens is 810 g/mol. The van der Waals surface area contributed by atoms with E-state index in [4.69, 9.17) is 0 Å². The summed E-state index contributed by atoms with van der Waals surface area (Å²) in [5, 5.41) is 63.1. The molecular formula is C42H59N7O13. The molecule has 4 bridgehead atoms. The number of phenols is 2. The van der Waals surface area contributed by atoms with Gasteiger partial charge in [-0.25, -0.2) is 4.79 Å². The number of carbonyl (C=O) groups excluding carboxylic acids is 6. The number of nitrogens with zero attached hydrogens (tertiary/aromatic N) is 3. The summed E-state index contributed by atoms with van der Waals surface area (Å²) in [6.45, 7) is 3.30. The summed E-state index contributed by atoms with van der Waals surface area (Å²) in [6, 6.07) is -1.52. The van der Waals surface area contributed by atoms with Gasteiger partial charge in [-0.3, -0.25) is 38.9 Å². The first-order valence-corrected chi connectivity index (χ1v) is 20.7. The summed E-state index contributed by atoms with van der Waals surface area (Å²) in [6.07, 6.45) is 9.22. The Morgan fingerprint density at radius 1 is 0.887 bits per heavy atom. The number of aliphatic hydroxyl groups excluding tert-OH is 1. The lowest BCUT2D eigenvalue weighted by molar-refractivity contribution is -0.385. The SMILES string of the molecule is CCCCCCCCCCCC(=O)N(C)[C@H](CO)C(=O)N[C@H](C)C(=O)NCC(=O)N(C)C1C(=O)N[C@@H](C)C(=O)NC(C(=O)O)Cc2cc(c(O)c([N+](=O)[O-])c2)-c2cc1ccc2O. The van der Waals surface area contributed by atoms with E-state index in [-0.39, 0.29) is 34.6 Å². The molecule has 20 heteroatoms. The Balaban J connectivity index is 1.77. The van der Waals surface area contributed by atoms with Gasteiger partial charge in [-0.2, -0.15) is 0 Å². The monoisotopic (exact) mass is 869 g/mol. The van der Waals surface area contributed by atoms with Crippen molar-refractivity contribution in [3.8, 4) is 22.6 Å². The number of rotatable bonds is 20. The van der Waals surface area contributed by atoms with Gasteiger partial charge in [0.15, 0.2) is 0 Å². The molecule has 0 saturated heterocycles. The molecule has 62 heavy (non-hydrogen) atoms. The number of likely N-dealkylation sites (N-methyl/N-ethyl adjacent to an activating group) is 2. The van der Waals surface area contributed by atoms with Gasteiger partial charge in [0.05, 0.1) is 18.1 Å². The van der Waals surface area contributed by atoms with Gasteiger partial charge in [0, 0.05) is 44.1 Å². The maximum absolute atomic E-state index is 13.9. The first-order valence-electron chi connectivity index (χ1n) is 20.7. The maximum Gasteiger partial charge on any atom is 0.326 e. The van der Waals surface area contributed by atoms with Crippen LogP contribution in [-0.4, -0.2) is 128 Å². The van der Waals surface area contributed by atoms with Crippen LogP contribution in [0.3, 0.4) is 0 Å². The number of nitrogens with one attached hydrogen (secondary N) is 4. The van der Waals surface area contributed by atoms with E-state index < -0.39 is 107 Å². The number of carbonyl (C=O) groups is 7. The van der Waals surface area contributed by atoms with Gasteiger partial charge in [0.1, 0.15) is 36.0 Å². The van der Waals surface area contributed by atoms with Crippen molar-refractivity contribution in [3.05, 3.63) is 51.6 Å². The zero-order valence-corrected chi connectivity index (χ0v) is 35.8. The van der Waals surface area contributed by atoms with E-state index in [1.54, 1.807) is 0 Å². The highest BCUT2D eigenvalue weighted by Gasteiger charge is 2.35. The molecule has 1 heterocycles. The molecule has 0 radical (unpaired) electrons. The molecule has 0 fully saturated rings. The lowest BCUT2D eigenvalue weighted by Crippen LogP contribution is -2.55. The van der Waals surface area contributed by atoms with Crippen LogP contribution in [0.1, 0.15) is 102 Å². The van der Waals surface area contributed by atoms with E-state index in [0.717, 1.165) is 47.6 Å². The molecule has 5 atom stereocenters. The van der Waals surface area contributed by atoms with E-state index in [2.05, 4.69) is 28.2 Å². The number of unbranched alkanes of at least 4 members (excludes halogenated alkanes) is 8. The van der Waals surface area contributed by atoms with Gasteiger partial charge in [-0.15, -0.1) is 0 Å². The molecule has 8 N–H and O–H groups in total. The number of aliphatic carboxylic acids is 1. The van der Waals surface area contributed by atoms with Gasteiger partial charge in [0.2, 0.25) is 41.2 Å². The number of aliphatic hydroxyl groups is 1. The predicted octanol–water partition coefficient (Wildman–Crippen LogP) is 2.16. The van der Waals surface area contributed by atoms with E-state index in [1.807, 2.05) is 0 Å². The normalized spacial score (nSPS) is 17.3. The van der Waals surface area contributed by atoms with Crippen molar-refractivity contribution < 1.29 is 58.9 Å². The minimum atomic E-state index is -1.65.